The van der Waals surface area contributed by atoms with Crippen molar-refractivity contribution in [2.75, 3.05) is 0 Å². The normalized spacial score (nSPS) is 11.4. The molecule has 0 unspecified atom stereocenters. The largest absolute Gasteiger partial charge is 0.348 e. The number of aromatic nitrogens is 10. The van der Waals surface area contributed by atoms with Crippen molar-refractivity contribution < 1.29 is 4.79 Å². The van der Waals surface area contributed by atoms with Crippen LogP contribution < -0.4 is 5.32 Å². The molecule has 0 aliphatic heterocycles. The Kier molecular flexibility index (Phi) is 6.64. The van der Waals surface area contributed by atoms with Gasteiger partial charge in [0.05, 0.1) is 52.7 Å². The number of nitrogens with zero attached hydrogens (tertiary/aromatic N) is 9. The molecule has 1 amide bonds. The minimum Gasteiger partial charge on any atom is -0.348 e. The number of H-pyrrole nitrogens is 1. The Morgan fingerprint density at radius 2 is 1.76 bits per heavy atom. The summed E-state index contributed by atoms with van der Waals surface area (Å²) >= 11 is 0. The third kappa shape index (κ3) is 5.17. The van der Waals surface area contributed by atoms with Crippen molar-refractivity contribution in [3.05, 3.63) is 132 Å². The maximum Gasteiger partial charge on any atom is 0.253 e. The lowest BCUT2D eigenvalue weighted by atomic mass is 10.1. The molecule has 12 heteroatoms. The van der Waals surface area contributed by atoms with Crippen LogP contribution in [0.5, 0.6) is 0 Å². The lowest BCUT2D eigenvalue weighted by Gasteiger charge is -2.07. The Bertz CT molecular complexity index is 2300. The first-order valence-electron chi connectivity index (χ1n) is 14.7. The smallest absolute Gasteiger partial charge is 0.253 e. The van der Waals surface area contributed by atoms with Crippen molar-refractivity contribution in [2.45, 2.75) is 20.0 Å². The summed E-state index contributed by atoms with van der Waals surface area (Å²) in [6, 6.07) is 27.5. The molecule has 5 heterocycles. The number of amides is 1. The first-order chi connectivity index (χ1) is 22.6. The molecule has 0 fully saturated rings. The Morgan fingerprint density at radius 1 is 0.935 bits per heavy atom. The Hall–Kier alpha value is -6.43. The van der Waals surface area contributed by atoms with Gasteiger partial charge >= 0.3 is 0 Å². The maximum atomic E-state index is 13.1. The molecule has 0 saturated carbocycles. The van der Waals surface area contributed by atoms with Gasteiger partial charge in [-0.25, -0.2) is 19.6 Å². The Balaban J connectivity index is 0.913. The number of para-hydroxylation sites is 2. The topological polar surface area (TPSA) is 137 Å². The predicted molar refractivity (Wildman–Crippen MR) is 173 cm³/mol. The molecule has 0 saturated heterocycles. The zero-order chi connectivity index (χ0) is 31.0. The van der Waals surface area contributed by atoms with Gasteiger partial charge in [0.25, 0.3) is 5.91 Å². The van der Waals surface area contributed by atoms with Gasteiger partial charge in [-0.15, -0.1) is 5.10 Å². The number of rotatable bonds is 8. The molecule has 0 bridgehead atoms. The number of carbonyl (C=O) groups is 1. The van der Waals surface area contributed by atoms with E-state index in [0.717, 1.165) is 50.3 Å². The molecule has 0 aliphatic carbocycles. The van der Waals surface area contributed by atoms with Crippen LogP contribution in [0.1, 0.15) is 27.3 Å². The Morgan fingerprint density at radius 3 is 2.61 bits per heavy atom. The minimum absolute atomic E-state index is 0.217. The highest BCUT2D eigenvalue weighted by Gasteiger charge is 2.16. The fourth-order valence-corrected chi connectivity index (χ4v) is 5.39. The van der Waals surface area contributed by atoms with Crippen molar-refractivity contribution in [3.8, 4) is 22.9 Å². The predicted octanol–water partition coefficient (Wildman–Crippen LogP) is 5.03. The number of imidazole rings is 2. The summed E-state index contributed by atoms with van der Waals surface area (Å²) in [6.45, 7) is 2.82. The van der Waals surface area contributed by atoms with Crippen LogP contribution in [0, 0.1) is 6.92 Å². The van der Waals surface area contributed by atoms with Crippen LogP contribution >= 0.6 is 0 Å². The van der Waals surface area contributed by atoms with E-state index in [1.807, 2.05) is 109 Å². The molecular weight excluding hydrogens is 578 g/mol. The summed E-state index contributed by atoms with van der Waals surface area (Å²) in [5.74, 6) is 0.357. The number of pyridine rings is 1. The van der Waals surface area contributed by atoms with E-state index in [4.69, 9.17) is 0 Å². The number of fused-ring (bicyclic) bond motifs is 2. The fraction of sp³-hybridized carbons (Fsp3) is 0.0882. The van der Waals surface area contributed by atoms with E-state index in [9.17, 15) is 4.79 Å². The van der Waals surface area contributed by atoms with Crippen LogP contribution in [-0.2, 0) is 13.1 Å². The van der Waals surface area contributed by atoms with Gasteiger partial charge in [0.2, 0.25) is 5.95 Å². The van der Waals surface area contributed by atoms with Gasteiger partial charge in [-0.2, -0.15) is 9.78 Å². The standard InChI is InChI=1S/C34H27N11O/c1-22-28-15-25(17-35-32(28)45(41-22)34-38-29-9-5-6-10-30(29)39-34)33(46)36-16-23-11-13-27(14-12-23)44-19-26(40-42-44)18-43-20-31(37-21-43)24-7-3-2-4-8-24/h2-15,17,19-21H,16,18H2,1H3,(H,36,46)(H,38,39). The summed E-state index contributed by atoms with van der Waals surface area (Å²) in [6.07, 6.45) is 7.27. The first kappa shape index (κ1) is 27.1. The quantitative estimate of drug-likeness (QED) is 0.248. The van der Waals surface area contributed by atoms with E-state index in [1.165, 1.54) is 0 Å². The van der Waals surface area contributed by atoms with E-state index >= 15 is 0 Å². The van der Waals surface area contributed by atoms with Gasteiger partial charge in [-0.05, 0) is 42.8 Å². The molecule has 5 aromatic heterocycles. The van der Waals surface area contributed by atoms with Gasteiger partial charge in [-0.3, -0.25) is 4.79 Å². The summed E-state index contributed by atoms with van der Waals surface area (Å²) in [5.41, 5.74) is 8.22. The van der Waals surface area contributed by atoms with Gasteiger partial charge in [0, 0.05) is 29.9 Å². The summed E-state index contributed by atoms with van der Waals surface area (Å²) < 4.78 is 5.40. The van der Waals surface area contributed by atoms with Gasteiger partial charge < -0.3 is 14.9 Å². The molecule has 0 aliphatic rings. The molecule has 8 aromatic rings. The van der Waals surface area contributed by atoms with E-state index in [2.05, 4.69) is 40.7 Å². The minimum atomic E-state index is -0.217. The molecule has 12 nitrogen and oxygen atoms in total. The summed E-state index contributed by atoms with van der Waals surface area (Å²) in [7, 11) is 0. The molecule has 0 radical (unpaired) electrons. The zero-order valence-corrected chi connectivity index (χ0v) is 24.7. The number of aromatic amines is 1. The van der Waals surface area contributed by atoms with Crippen molar-refractivity contribution in [3.63, 3.8) is 0 Å². The fourth-order valence-electron chi connectivity index (χ4n) is 5.39. The van der Waals surface area contributed by atoms with Crippen LogP contribution in [0.3, 0.4) is 0 Å². The van der Waals surface area contributed by atoms with Crippen molar-refractivity contribution in [2.24, 2.45) is 0 Å². The van der Waals surface area contributed by atoms with E-state index in [0.29, 0.717) is 30.2 Å². The molecule has 8 rings (SSSR count). The number of carbonyl (C=O) groups excluding carboxylic acids is 1. The highest BCUT2D eigenvalue weighted by Crippen LogP contribution is 2.22. The van der Waals surface area contributed by atoms with Crippen molar-refractivity contribution in [1.82, 2.24) is 54.6 Å². The van der Waals surface area contributed by atoms with Crippen LogP contribution in [0.4, 0.5) is 0 Å². The highest BCUT2D eigenvalue weighted by atomic mass is 16.1. The third-order valence-electron chi connectivity index (χ3n) is 7.79. The molecule has 3 aromatic carbocycles. The Labute approximate surface area is 262 Å². The van der Waals surface area contributed by atoms with Crippen molar-refractivity contribution in [1.29, 1.82) is 0 Å². The maximum absolute atomic E-state index is 13.1. The van der Waals surface area contributed by atoms with E-state index in [-0.39, 0.29) is 5.91 Å². The second kappa shape index (κ2) is 11.2. The molecule has 0 spiro atoms. The number of benzene rings is 3. The SMILES string of the molecule is Cc1nn(-c2nc3ccccc3[nH]2)c2ncc(C(=O)NCc3ccc(-n4cc(Cn5cnc(-c6ccccc6)c5)nn4)cc3)cc12. The first-order valence-corrected chi connectivity index (χ1v) is 14.7. The molecule has 224 valence electrons. The highest BCUT2D eigenvalue weighted by molar-refractivity contribution is 5.97. The average Bonchev–Trinajstić information content (AvgIpc) is 3.91. The second-order valence-corrected chi connectivity index (χ2v) is 11.0. The summed E-state index contributed by atoms with van der Waals surface area (Å²) in [5, 5.41) is 17.0. The van der Waals surface area contributed by atoms with Crippen molar-refractivity contribution >= 4 is 28.0 Å². The van der Waals surface area contributed by atoms with Gasteiger partial charge in [0.1, 0.15) is 5.69 Å². The summed E-state index contributed by atoms with van der Waals surface area (Å²) in [4.78, 5) is 30.1. The number of hydrogen-bond donors (Lipinski definition) is 2. The zero-order valence-electron chi connectivity index (χ0n) is 24.7. The van der Waals surface area contributed by atoms with Gasteiger partial charge in [0.15, 0.2) is 5.65 Å². The van der Waals surface area contributed by atoms with E-state index in [1.54, 1.807) is 21.9 Å². The van der Waals surface area contributed by atoms with Crippen LogP contribution in [-0.4, -0.2) is 55.2 Å². The lowest BCUT2D eigenvalue weighted by Crippen LogP contribution is -2.23. The van der Waals surface area contributed by atoms with Crippen LogP contribution in [0.15, 0.2) is 110 Å². The number of hydrogen-bond acceptors (Lipinski definition) is 7. The number of nitrogens with one attached hydrogen (secondary N) is 2. The molecular formula is C34H27N11O. The van der Waals surface area contributed by atoms with Crippen LogP contribution in [0.2, 0.25) is 0 Å². The number of aryl methyl sites for hydroxylation is 1. The monoisotopic (exact) mass is 605 g/mol. The molecule has 2 N–H and O–H groups in total. The lowest BCUT2D eigenvalue weighted by molar-refractivity contribution is 0.0950. The molecule has 46 heavy (non-hydrogen) atoms. The molecule has 0 atom stereocenters. The van der Waals surface area contributed by atoms with Gasteiger partial charge in [-0.1, -0.05) is 59.8 Å². The average molecular weight is 606 g/mol. The van der Waals surface area contributed by atoms with E-state index < -0.39 is 0 Å². The third-order valence-corrected chi connectivity index (χ3v) is 7.79. The second-order valence-electron chi connectivity index (χ2n) is 11.0. The van der Waals surface area contributed by atoms with Crippen LogP contribution in [0.25, 0.3) is 45.0 Å².